The SMILES string of the molecule is CC1CC[C@@H]2C(C1)c1c(O)cc(O)cc1OC2(C)C. The lowest BCUT2D eigenvalue weighted by Gasteiger charge is -2.48. The fraction of sp³-hybridized carbons (Fsp3) is 0.625. The predicted molar refractivity (Wildman–Crippen MR) is 73.7 cm³/mol. The van der Waals surface area contributed by atoms with Crippen LogP contribution >= 0.6 is 0 Å². The van der Waals surface area contributed by atoms with Crippen LogP contribution in [0, 0.1) is 11.8 Å². The molecule has 1 fully saturated rings. The van der Waals surface area contributed by atoms with Crippen LogP contribution in [-0.4, -0.2) is 15.8 Å². The summed E-state index contributed by atoms with van der Waals surface area (Å²) in [5.74, 6) is 2.34. The number of ether oxygens (including phenoxy) is 1. The number of aromatic hydroxyl groups is 2. The fourth-order valence-corrected chi connectivity index (χ4v) is 3.95. The van der Waals surface area contributed by atoms with Gasteiger partial charge in [0.05, 0.1) is 0 Å². The molecule has 1 aromatic carbocycles. The molecule has 3 atom stereocenters. The monoisotopic (exact) mass is 262 g/mol. The highest BCUT2D eigenvalue weighted by Crippen LogP contribution is 2.55. The predicted octanol–water partition coefficient (Wildman–Crippen LogP) is 3.79. The van der Waals surface area contributed by atoms with Crippen LogP contribution in [0.25, 0.3) is 0 Å². The average Bonchev–Trinajstić information content (AvgIpc) is 2.25. The minimum absolute atomic E-state index is 0.0642. The molecule has 3 heteroatoms. The lowest BCUT2D eigenvalue weighted by molar-refractivity contribution is -0.0146. The van der Waals surface area contributed by atoms with E-state index in [1.807, 2.05) is 0 Å². The molecule has 1 aliphatic carbocycles. The topological polar surface area (TPSA) is 49.7 Å². The van der Waals surface area contributed by atoms with Crippen LogP contribution in [0.3, 0.4) is 0 Å². The lowest BCUT2D eigenvalue weighted by Crippen LogP contribution is -2.46. The molecule has 1 saturated carbocycles. The third-order valence-electron chi connectivity index (χ3n) is 4.85. The third kappa shape index (κ3) is 1.96. The normalized spacial score (nSPS) is 32.1. The van der Waals surface area contributed by atoms with Crippen molar-refractivity contribution in [3.63, 3.8) is 0 Å². The summed E-state index contributed by atoms with van der Waals surface area (Å²) in [6.45, 7) is 6.51. The van der Waals surface area contributed by atoms with Gasteiger partial charge in [-0.15, -0.1) is 0 Å². The maximum atomic E-state index is 10.2. The van der Waals surface area contributed by atoms with Gasteiger partial charge in [-0.1, -0.05) is 13.3 Å². The van der Waals surface area contributed by atoms with Gasteiger partial charge in [0.25, 0.3) is 0 Å². The molecule has 2 N–H and O–H groups in total. The Hall–Kier alpha value is -1.38. The van der Waals surface area contributed by atoms with Crippen LogP contribution in [0.1, 0.15) is 51.5 Å². The van der Waals surface area contributed by atoms with E-state index in [-0.39, 0.29) is 17.1 Å². The molecule has 1 aliphatic heterocycles. The molecule has 2 aliphatic rings. The Morgan fingerprint density at radius 3 is 2.68 bits per heavy atom. The van der Waals surface area contributed by atoms with Gasteiger partial charge < -0.3 is 14.9 Å². The Balaban J connectivity index is 2.13. The molecule has 0 saturated heterocycles. The number of phenolic OH excluding ortho intramolecular Hbond substituents is 2. The van der Waals surface area contributed by atoms with Gasteiger partial charge in [-0.25, -0.2) is 0 Å². The van der Waals surface area contributed by atoms with Crippen LogP contribution in [0.15, 0.2) is 12.1 Å². The second kappa shape index (κ2) is 4.06. The van der Waals surface area contributed by atoms with Gasteiger partial charge in [-0.3, -0.25) is 0 Å². The van der Waals surface area contributed by atoms with Gasteiger partial charge in [0.2, 0.25) is 0 Å². The second-order valence-electron chi connectivity index (χ2n) is 6.71. The molecule has 0 aromatic heterocycles. The summed E-state index contributed by atoms with van der Waals surface area (Å²) in [5, 5.41) is 19.8. The van der Waals surface area contributed by atoms with Crippen molar-refractivity contribution in [2.24, 2.45) is 11.8 Å². The van der Waals surface area contributed by atoms with Crippen molar-refractivity contribution in [2.75, 3.05) is 0 Å². The summed E-state index contributed by atoms with van der Waals surface area (Å²) < 4.78 is 6.07. The number of fused-ring (bicyclic) bond motifs is 3. The summed E-state index contributed by atoms with van der Waals surface area (Å²) in [5.41, 5.74) is 0.659. The van der Waals surface area contributed by atoms with E-state index in [0.29, 0.717) is 23.5 Å². The van der Waals surface area contributed by atoms with Crippen LogP contribution in [0.5, 0.6) is 17.2 Å². The van der Waals surface area contributed by atoms with E-state index in [9.17, 15) is 10.2 Å². The standard InChI is InChI=1S/C16H22O3/c1-9-4-5-12-11(6-9)15-13(18)7-10(17)8-14(15)19-16(12,2)3/h7-9,11-12,17-18H,4-6H2,1-3H3/t9?,11?,12-/m1/s1. The van der Waals surface area contributed by atoms with Crippen molar-refractivity contribution in [2.45, 2.75) is 51.6 Å². The van der Waals surface area contributed by atoms with Crippen LogP contribution in [0.4, 0.5) is 0 Å². The van der Waals surface area contributed by atoms with Crippen LogP contribution in [0.2, 0.25) is 0 Å². The van der Waals surface area contributed by atoms with Crippen molar-refractivity contribution >= 4 is 0 Å². The quantitative estimate of drug-likeness (QED) is 0.748. The second-order valence-corrected chi connectivity index (χ2v) is 6.71. The lowest BCUT2D eigenvalue weighted by atomic mass is 9.64. The Morgan fingerprint density at radius 2 is 1.95 bits per heavy atom. The van der Waals surface area contributed by atoms with Gasteiger partial charge in [-0.05, 0) is 38.5 Å². The summed E-state index contributed by atoms with van der Waals surface area (Å²) in [7, 11) is 0. The summed E-state index contributed by atoms with van der Waals surface area (Å²) in [6, 6.07) is 3.06. The zero-order valence-electron chi connectivity index (χ0n) is 11.8. The van der Waals surface area contributed by atoms with E-state index in [1.165, 1.54) is 12.5 Å². The van der Waals surface area contributed by atoms with Gasteiger partial charge in [0, 0.05) is 23.6 Å². The number of benzene rings is 1. The van der Waals surface area contributed by atoms with Crippen molar-refractivity contribution < 1.29 is 14.9 Å². The van der Waals surface area contributed by atoms with E-state index in [0.717, 1.165) is 18.4 Å². The Morgan fingerprint density at radius 1 is 1.21 bits per heavy atom. The third-order valence-corrected chi connectivity index (χ3v) is 4.85. The molecule has 1 heterocycles. The maximum absolute atomic E-state index is 10.2. The van der Waals surface area contributed by atoms with E-state index < -0.39 is 0 Å². The molecule has 0 radical (unpaired) electrons. The molecule has 2 unspecified atom stereocenters. The molecule has 0 spiro atoms. The molecule has 3 rings (SSSR count). The summed E-state index contributed by atoms with van der Waals surface area (Å²) in [6.07, 6.45) is 3.45. The van der Waals surface area contributed by atoms with Crippen molar-refractivity contribution in [1.29, 1.82) is 0 Å². The highest BCUT2D eigenvalue weighted by molar-refractivity contribution is 5.53. The highest BCUT2D eigenvalue weighted by atomic mass is 16.5. The van der Waals surface area contributed by atoms with Crippen molar-refractivity contribution in [1.82, 2.24) is 0 Å². The minimum Gasteiger partial charge on any atom is -0.508 e. The molecule has 104 valence electrons. The Labute approximate surface area is 114 Å². The van der Waals surface area contributed by atoms with Crippen LogP contribution in [-0.2, 0) is 0 Å². The largest absolute Gasteiger partial charge is 0.508 e. The fourth-order valence-electron chi connectivity index (χ4n) is 3.95. The highest BCUT2D eigenvalue weighted by Gasteiger charge is 2.47. The molecule has 3 nitrogen and oxygen atoms in total. The first-order chi connectivity index (χ1) is 8.88. The molecule has 1 aromatic rings. The first-order valence-electron chi connectivity index (χ1n) is 7.13. The zero-order chi connectivity index (χ0) is 13.8. The van der Waals surface area contributed by atoms with Crippen molar-refractivity contribution in [3.05, 3.63) is 17.7 Å². The van der Waals surface area contributed by atoms with E-state index in [4.69, 9.17) is 4.74 Å². The first kappa shape index (κ1) is 12.6. The van der Waals surface area contributed by atoms with E-state index in [2.05, 4.69) is 20.8 Å². The Bertz CT molecular complexity index is 507. The summed E-state index contributed by atoms with van der Waals surface area (Å²) >= 11 is 0. The number of hydrogen-bond acceptors (Lipinski definition) is 3. The molecule has 19 heavy (non-hydrogen) atoms. The number of hydrogen-bond donors (Lipinski definition) is 2. The Kier molecular flexibility index (Phi) is 2.70. The molecular formula is C16H22O3. The zero-order valence-corrected chi connectivity index (χ0v) is 11.8. The van der Waals surface area contributed by atoms with Crippen molar-refractivity contribution in [3.8, 4) is 17.2 Å². The first-order valence-corrected chi connectivity index (χ1v) is 7.13. The van der Waals surface area contributed by atoms with E-state index >= 15 is 0 Å². The van der Waals surface area contributed by atoms with Gasteiger partial charge in [0.15, 0.2) is 0 Å². The minimum atomic E-state index is -0.238. The summed E-state index contributed by atoms with van der Waals surface area (Å²) in [4.78, 5) is 0. The van der Waals surface area contributed by atoms with Gasteiger partial charge in [0.1, 0.15) is 22.8 Å². The number of phenols is 2. The van der Waals surface area contributed by atoms with Crippen LogP contribution < -0.4 is 4.74 Å². The van der Waals surface area contributed by atoms with Gasteiger partial charge >= 0.3 is 0 Å². The smallest absolute Gasteiger partial charge is 0.131 e. The molecule has 0 amide bonds. The number of rotatable bonds is 0. The molecule has 0 bridgehead atoms. The average molecular weight is 262 g/mol. The maximum Gasteiger partial charge on any atom is 0.131 e. The molecular weight excluding hydrogens is 240 g/mol. The van der Waals surface area contributed by atoms with E-state index in [1.54, 1.807) is 6.07 Å². The van der Waals surface area contributed by atoms with Gasteiger partial charge in [-0.2, -0.15) is 0 Å².